The van der Waals surface area contributed by atoms with Crippen LogP contribution in [0.5, 0.6) is 5.75 Å². The van der Waals surface area contributed by atoms with E-state index in [-0.39, 0.29) is 23.9 Å². The van der Waals surface area contributed by atoms with Crippen LogP contribution in [0.2, 0.25) is 0 Å². The molecular weight excluding hydrogens is 276 g/mol. The summed E-state index contributed by atoms with van der Waals surface area (Å²) in [4.78, 5) is 5.61. The average Bonchev–Trinajstić information content (AvgIpc) is 2.80. The third kappa shape index (κ3) is 2.40. The summed E-state index contributed by atoms with van der Waals surface area (Å²) in [6.07, 6.45) is 0. The number of hydrogen-bond donors (Lipinski definition) is 2. The lowest BCUT2D eigenvalue weighted by molar-refractivity contribution is 0.467. The minimum atomic E-state index is -0.566. The maximum absolute atomic E-state index is 14.0. The largest absolute Gasteiger partial charge is 0.508 e. The number of phenols is 1. The summed E-state index contributed by atoms with van der Waals surface area (Å²) in [6, 6.07) is 9.42. The highest BCUT2D eigenvalue weighted by Crippen LogP contribution is 2.34. The number of phenolic OH excluding ortho intramolecular Hbond substituents is 1. The highest BCUT2D eigenvalue weighted by atomic mass is 19.1. The molecule has 1 heterocycles. The first kappa shape index (κ1) is 13.4. The van der Waals surface area contributed by atoms with Crippen molar-refractivity contribution in [1.29, 1.82) is 0 Å². The zero-order valence-electron chi connectivity index (χ0n) is 11.0. The Balaban J connectivity index is 2.05. The Morgan fingerprint density at radius 1 is 1.19 bits per heavy atom. The van der Waals surface area contributed by atoms with Gasteiger partial charge >= 0.3 is 0 Å². The fourth-order valence-corrected chi connectivity index (χ4v) is 2.48. The van der Waals surface area contributed by atoms with E-state index in [4.69, 9.17) is 5.73 Å². The molecule has 108 valence electrons. The molecule has 0 fully saturated rings. The van der Waals surface area contributed by atoms with Gasteiger partial charge in [-0.2, -0.15) is 0 Å². The molecule has 21 heavy (non-hydrogen) atoms. The van der Waals surface area contributed by atoms with Gasteiger partial charge in [0, 0.05) is 6.07 Å². The van der Waals surface area contributed by atoms with Gasteiger partial charge in [-0.1, -0.05) is 12.1 Å². The lowest BCUT2D eigenvalue weighted by atomic mass is 10.0. The van der Waals surface area contributed by atoms with Crippen LogP contribution in [0, 0.1) is 11.6 Å². The number of hydrogen-bond acceptors (Lipinski definition) is 4. The van der Waals surface area contributed by atoms with Crippen molar-refractivity contribution in [2.45, 2.75) is 6.04 Å². The summed E-state index contributed by atoms with van der Waals surface area (Å²) in [7, 11) is 0. The van der Waals surface area contributed by atoms with E-state index < -0.39 is 17.7 Å². The summed E-state index contributed by atoms with van der Waals surface area (Å²) in [5.74, 6) is -1.04. The van der Waals surface area contributed by atoms with Crippen molar-refractivity contribution in [3.63, 3.8) is 0 Å². The Morgan fingerprint density at radius 2 is 1.95 bits per heavy atom. The molecule has 2 aromatic carbocycles. The minimum absolute atomic E-state index is 0.161. The first-order valence-electron chi connectivity index (χ1n) is 6.39. The molecule has 2 aromatic rings. The predicted molar refractivity (Wildman–Crippen MR) is 76.2 cm³/mol. The number of halogens is 2. The molecule has 3 rings (SSSR count). The second-order valence-corrected chi connectivity index (χ2v) is 4.78. The molecule has 0 saturated heterocycles. The quantitative estimate of drug-likeness (QED) is 0.893. The van der Waals surface area contributed by atoms with E-state index in [1.807, 2.05) is 0 Å². The summed E-state index contributed by atoms with van der Waals surface area (Å²) in [5, 5.41) is 9.53. The molecule has 4 nitrogen and oxygen atoms in total. The number of aliphatic imine (C=N–C) groups is 1. The third-order valence-electron chi connectivity index (χ3n) is 3.39. The number of rotatable bonds is 2. The molecular formula is C15H13F2N3O. The molecule has 1 aliphatic heterocycles. The number of anilines is 1. The monoisotopic (exact) mass is 289 g/mol. The lowest BCUT2D eigenvalue weighted by Gasteiger charge is -2.27. The Hall–Kier alpha value is -2.63. The molecule has 0 radical (unpaired) electrons. The molecule has 0 saturated carbocycles. The number of nitrogens with zero attached hydrogens (tertiary/aromatic N) is 2. The van der Waals surface area contributed by atoms with Crippen LogP contribution in [0.3, 0.4) is 0 Å². The van der Waals surface area contributed by atoms with E-state index in [2.05, 4.69) is 4.99 Å². The van der Waals surface area contributed by atoms with Gasteiger partial charge in [0.2, 0.25) is 0 Å². The molecule has 0 bridgehead atoms. The van der Waals surface area contributed by atoms with Gasteiger partial charge in [-0.3, -0.25) is 4.99 Å². The molecule has 3 N–H and O–H groups in total. The van der Waals surface area contributed by atoms with E-state index in [0.717, 1.165) is 6.07 Å². The number of guanidine groups is 1. The fraction of sp³-hybridized carbons (Fsp3) is 0.133. The molecule has 0 aromatic heterocycles. The van der Waals surface area contributed by atoms with Crippen molar-refractivity contribution in [2.75, 3.05) is 11.4 Å². The van der Waals surface area contributed by atoms with Crippen LogP contribution in [-0.4, -0.2) is 17.6 Å². The van der Waals surface area contributed by atoms with Crippen LogP contribution in [0.25, 0.3) is 0 Å². The van der Waals surface area contributed by atoms with Crippen molar-refractivity contribution < 1.29 is 13.9 Å². The van der Waals surface area contributed by atoms with Gasteiger partial charge in [-0.15, -0.1) is 0 Å². The van der Waals surface area contributed by atoms with E-state index in [1.165, 1.54) is 23.1 Å². The van der Waals surface area contributed by atoms with Gasteiger partial charge in [0.15, 0.2) is 5.96 Å². The molecule has 1 unspecified atom stereocenters. The second-order valence-electron chi connectivity index (χ2n) is 4.78. The van der Waals surface area contributed by atoms with E-state index in [1.54, 1.807) is 18.2 Å². The summed E-state index contributed by atoms with van der Waals surface area (Å²) in [5.41, 5.74) is 6.59. The van der Waals surface area contributed by atoms with Gasteiger partial charge in [-0.25, -0.2) is 8.78 Å². The first-order chi connectivity index (χ1) is 10.1. The lowest BCUT2D eigenvalue weighted by Crippen LogP contribution is -2.36. The second kappa shape index (κ2) is 5.05. The zero-order chi connectivity index (χ0) is 15.0. The van der Waals surface area contributed by atoms with Crippen LogP contribution >= 0.6 is 0 Å². The number of nitrogens with two attached hydrogens (primary N) is 1. The zero-order valence-corrected chi connectivity index (χ0v) is 11.0. The summed E-state index contributed by atoms with van der Waals surface area (Å²) < 4.78 is 27.5. The minimum Gasteiger partial charge on any atom is -0.508 e. The predicted octanol–water partition coefficient (Wildman–Crippen LogP) is 2.55. The van der Waals surface area contributed by atoms with Crippen LogP contribution < -0.4 is 10.6 Å². The maximum Gasteiger partial charge on any atom is 0.196 e. The fourth-order valence-electron chi connectivity index (χ4n) is 2.48. The van der Waals surface area contributed by atoms with Crippen LogP contribution in [0.4, 0.5) is 14.5 Å². The van der Waals surface area contributed by atoms with Gasteiger partial charge in [0.25, 0.3) is 0 Å². The molecule has 0 amide bonds. The highest BCUT2D eigenvalue weighted by molar-refractivity contribution is 5.97. The normalized spacial score (nSPS) is 17.9. The Kier molecular flexibility index (Phi) is 3.21. The smallest absolute Gasteiger partial charge is 0.196 e. The van der Waals surface area contributed by atoms with Gasteiger partial charge < -0.3 is 15.7 Å². The van der Waals surface area contributed by atoms with Crippen molar-refractivity contribution in [1.82, 2.24) is 0 Å². The third-order valence-corrected chi connectivity index (χ3v) is 3.39. The van der Waals surface area contributed by atoms with Crippen molar-refractivity contribution in [3.8, 4) is 5.75 Å². The van der Waals surface area contributed by atoms with Gasteiger partial charge in [0.1, 0.15) is 17.4 Å². The summed E-state index contributed by atoms with van der Waals surface area (Å²) in [6.45, 7) is 0.267. The maximum atomic E-state index is 14.0. The van der Waals surface area contributed by atoms with Crippen LogP contribution in [0.15, 0.2) is 47.5 Å². The van der Waals surface area contributed by atoms with Gasteiger partial charge in [-0.05, 0) is 29.8 Å². The van der Waals surface area contributed by atoms with Crippen LogP contribution in [-0.2, 0) is 0 Å². The number of para-hydroxylation sites is 1. The van der Waals surface area contributed by atoms with Crippen LogP contribution in [0.1, 0.15) is 11.6 Å². The Labute approximate surface area is 120 Å². The number of aromatic hydroxyl groups is 1. The van der Waals surface area contributed by atoms with Crippen molar-refractivity contribution in [3.05, 3.63) is 59.7 Å². The molecule has 1 aliphatic rings. The van der Waals surface area contributed by atoms with Gasteiger partial charge in [0.05, 0.1) is 18.3 Å². The van der Waals surface area contributed by atoms with E-state index in [9.17, 15) is 13.9 Å². The van der Waals surface area contributed by atoms with E-state index >= 15 is 0 Å². The average molecular weight is 289 g/mol. The van der Waals surface area contributed by atoms with E-state index in [0.29, 0.717) is 5.56 Å². The Morgan fingerprint density at radius 3 is 2.67 bits per heavy atom. The summed E-state index contributed by atoms with van der Waals surface area (Å²) >= 11 is 0. The standard InChI is InChI=1S/C15H13F2N3O/c16-10-5-9(6-11(21)7-10)14-8-19-15(18)20(14)13-4-2-1-3-12(13)17/h1-7,14,21H,8H2,(H2,18,19). The number of benzene rings is 2. The van der Waals surface area contributed by atoms with Crippen molar-refractivity contribution >= 4 is 11.6 Å². The SMILES string of the molecule is NC1=NCC(c2cc(O)cc(F)c2)N1c1ccccc1F. The first-order valence-corrected chi connectivity index (χ1v) is 6.39. The molecule has 0 aliphatic carbocycles. The Bertz CT molecular complexity index is 698. The molecule has 0 spiro atoms. The highest BCUT2D eigenvalue weighted by Gasteiger charge is 2.31. The topological polar surface area (TPSA) is 61.9 Å². The van der Waals surface area contributed by atoms with Crippen molar-refractivity contribution in [2.24, 2.45) is 10.7 Å². The molecule has 1 atom stereocenters. The molecule has 6 heteroatoms.